The highest BCUT2D eigenvalue weighted by molar-refractivity contribution is 9.10. The lowest BCUT2D eigenvalue weighted by Gasteiger charge is -2.20. The Hall–Kier alpha value is -1.56. The summed E-state index contributed by atoms with van der Waals surface area (Å²) >= 11 is 3.27. The first-order valence-corrected chi connectivity index (χ1v) is 5.89. The molecule has 0 saturated heterocycles. The Balaban J connectivity index is 3.16. The average molecular weight is 317 g/mol. The zero-order valence-electron chi connectivity index (χ0n) is 9.94. The zero-order chi connectivity index (χ0) is 13.9. The number of carboxylic acids is 2. The molecular formula is C12H13BrO5. The molecule has 0 aromatic heterocycles. The van der Waals surface area contributed by atoms with Crippen molar-refractivity contribution in [2.45, 2.75) is 13.3 Å². The molecule has 0 aliphatic rings. The van der Waals surface area contributed by atoms with Gasteiger partial charge in [-0.3, -0.25) is 9.59 Å². The third-order valence-corrected chi connectivity index (χ3v) is 3.51. The fraction of sp³-hybridized carbons (Fsp3) is 0.333. The van der Waals surface area contributed by atoms with Gasteiger partial charge in [-0.15, -0.1) is 0 Å². The topological polar surface area (TPSA) is 83.8 Å². The Morgan fingerprint density at radius 3 is 2.33 bits per heavy atom. The monoisotopic (exact) mass is 316 g/mol. The van der Waals surface area contributed by atoms with Crippen molar-refractivity contribution < 1.29 is 24.5 Å². The molecule has 1 aromatic carbocycles. The van der Waals surface area contributed by atoms with Gasteiger partial charge in [-0.25, -0.2) is 0 Å². The third kappa shape index (κ3) is 2.81. The third-order valence-electron chi connectivity index (χ3n) is 2.74. The van der Waals surface area contributed by atoms with Crippen LogP contribution in [0.2, 0.25) is 0 Å². The van der Waals surface area contributed by atoms with Gasteiger partial charge >= 0.3 is 11.9 Å². The number of aliphatic carboxylic acids is 2. The van der Waals surface area contributed by atoms with Gasteiger partial charge in [0.05, 0.1) is 7.11 Å². The molecule has 0 aliphatic carbocycles. The number of hydrogen-bond acceptors (Lipinski definition) is 3. The van der Waals surface area contributed by atoms with Crippen molar-refractivity contribution in [1.29, 1.82) is 0 Å². The minimum Gasteiger partial charge on any atom is -0.497 e. The van der Waals surface area contributed by atoms with Crippen LogP contribution in [0.3, 0.4) is 0 Å². The Labute approximate surface area is 113 Å². The molecule has 0 heterocycles. The van der Waals surface area contributed by atoms with Crippen LogP contribution in [-0.4, -0.2) is 29.3 Å². The molecule has 2 N–H and O–H groups in total. The fourth-order valence-electron chi connectivity index (χ4n) is 1.44. The first-order chi connectivity index (χ1) is 8.31. The fourth-order valence-corrected chi connectivity index (χ4v) is 1.82. The second-order valence-corrected chi connectivity index (χ2v) is 4.93. The molecule has 1 aromatic rings. The van der Waals surface area contributed by atoms with E-state index in [9.17, 15) is 9.59 Å². The van der Waals surface area contributed by atoms with Crippen molar-refractivity contribution in [3.63, 3.8) is 0 Å². The molecule has 0 spiro atoms. The van der Waals surface area contributed by atoms with E-state index in [2.05, 4.69) is 15.9 Å². The molecule has 1 rings (SSSR count). The maximum Gasteiger partial charge on any atom is 0.321 e. The van der Waals surface area contributed by atoms with Gasteiger partial charge in [-0.2, -0.15) is 0 Å². The number of halogens is 1. The van der Waals surface area contributed by atoms with E-state index < -0.39 is 17.4 Å². The van der Waals surface area contributed by atoms with Crippen LogP contribution in [0.5, 0.6) is 5.75 Å². The number of carbonyl (C=O) groups is 2. The number of methoxy groups -OCH3 is 1. The molecule has 0 fully saturated rings. The standard InChI is InChI=1S/C12H13BrO5/c1-12(10(14)15,11(16)17)6-7-5-8(18-2)3-4-9(7)13/h3-5H,6H2,1-2H3,(H,14,15)(H,16,17). The Morgan fingerprint density at radius 1 is 1.33 bits per heavy atom. The van der Waals surface area contributed by atoms with Crippen LogP contribution in [0, 0.1) is 5.41 Å². The Bertz CT molecular complexity index is 469. The van der Waals surface area contributed by atoms with Crippen LogP contribution in [0.1, 0.15) is 12.5 Å². The summed E-state index contributed by atoms with van der Waals surface area (Å²) in [4.78, 5) is 22.2. The molecule has 0 radical (unpaired) electrons. The quantitative estimate of drug-likeness (QED) is 0.813. The van der Waals surface area contributed by atoms with Gasteiger partial charge in [0, 0.05) is 10.9 Å². The maximum atomic E-state index is 11.1. The summed E-state index contributed by atoms with van der Waals surface area (Å²) in [5, 5.41) is 18.1. The highest BCUT2D eigenvalue weighted by Crippen LogP contribution is 2.30. The van der Waals surface area contributed by atoms with Crippen LogP contribution in [0.25, 0.3) is 0 Å². The van der Waals surface area contributed by atoms with Gasteiger partial charge in [0.15, 0.2) is 5.41 Å². The predicted molar refractivity (Wildman–Crippen MR) is 67.8 cm³/mol. The van der Waals surface area contributed by atoms with Crippen LogP contribution in [0.4, 0.5) is 0 Å². The van der Waals surface area contributed by atoms with E-state index in [4.69, 9.17) is 14.9 Å². The summed E-state index contributed by atoms with van der Waals surface area (Å²) in [6.07, 6.45) is -0.130. The molecule has 0 unspecified atom stereocenters. The molecule has 0 aliphatic heterocycles. The molecule has 5 nitrogen and oxygen atoms in total. The zero-order valence-corrected chi connectivity index (χ0v) is 11.5. The lowest BCUT2D eigenvalue weighted by molar-refractivity contribution is -0.163. The van der Waals surface area contributed by atoms with Crippen LogP contribution < -0.4 is 4.74 Å². The van der Waals surface area contributed by atoms with Crippen molar-refractivity contribution in [2.24, 2.45) is 5.41 Å². The summed E-state index contributed by atoms with van der Waals surface area (Å²) in [7, 11) is 1.49. The lowest BCUT2D eigenvalue weighted by atomic mass is 9.84. The number of carboxylic acid groups (broad SMARTS) is 2. The summed E-state index contributed by atoms with van der Waals surface area (Å²) < 4.78 is 5.68. The number of ether oxygens (including phenoxy) is 1. The first-order valence-electron chi connectivity index (χ1n) is 5.10. The number of benzene rings is 1. The SMILES string of the molecule is COc1ccc(Br)c(CC(C)(C(=O)O)C(=O)O)c1. The van der Waals surface area contributed by atoms with Crippen molar-refractivity contribution in [1.82, 2.24) is 0 Å². The normalized spacial score (nSPS) is 11.1. The number of rotatable bonds is 5. The summed E-state index contributed by atoms with van der Waals surface area (Å²) in [5.41, 5.74) is -1.30. The largest absolute Gasteiger partial charge is 0.497 e. The van der Waals surface area contributed by atoms with Crippen molar-refractivity contribution in [3.8, 4) is 5.75 Å². The lowest BCUT2D eigenvalue weighted by Crippen LogP contribution is -2.38. The average Bonchev–Trinajstić information content (AvgIpc) is 2.31. The van der Waals surface area contributed by atoms with Crippen molar-refractivity contribution in [2.75, 3.05) is 7.11 Å². The summed E-state index contributed by atoms with van der Waals surface area (Å²) in [6, 6.07) is 5.01. The Kier molecular flexibility index (Phi) is 4.34. The van der Waals surface area contributed by atoms with E-state index in [-0.39, 0.29) is 6.42 Å². The highest BCUT2D eigenvalue weighted by Gasteiger charge is 2.42. The minimum atomic E-state index is -1.87. The van der Waals surface area contributed by atoms with E-state index in [0.717, 1.165) is 0 Å². The van der Waals surface area contributed by atoms with Crippen LogP contribution in [0.15, 0.2) is 22.7 Å². The van der Waals surface area contributed by atoms with E-state index in [1.165, 1.54) is 14.0 Å². The van der Waals surface area contributed by atoms with E-state index >= 15 is 0 Å². The maximum absolute atomic E-state index is 11.1. The molecule has 0 saturated carbocycles. The molecule has 6 heteroatoms. The van der Waals surface area contributed by atoms with E-state index in [1.807, 2.05) is 0 Å². The van der Waals surface area contributed by atoms with E-state index in [0.29, 0.717) is 15.8 Å². The summed E-state index contributed by atoms with van der Waals surface area (Å²) in [5.74, 6) is -2.19. The predicted octanol–water partition coefficient (Wildman–Crippen LogP) is 2.18. The van der Waals surface area contributed by atoms with Gasteiger partial charge in [0.1, 0.15) is 5.75 Å². The van der Waals surface area contributed by atoms with Gasteiger partial charge in [-0.05, 0) is 30.7 Å². The van der Waals surface area contributed by atoms with Crippen LogP contribution in [-0.2, 0) is 16.0 Å². The minimum absolute atomic E-state index is 0.130. The highest BCUT2D eigenvalue weighted by atomic mass is 79.9. The molecular weight excluding hydrogens is 304 g/mol. The van der Waals surface area contributed by atoms with Crippen LogP contribution >= 0.6 is 15.9 Å². The molecule has 0 amide bonds. The van der Waals surface area contributed by atoms with Gasteiger partial charge < -0.3 is 14.9 Å². The molecule has 18 heavy (non-hydrogen) atoms. The van der Waals surface area contributed by atoms with Crippen molar-refractivity contribution >= 4 is 27.9 Å². The summed E-state index contributed by atoms with van der Waals surface area (Å²) in [6.45, 7) is 1.18. The van der Waals surface area contributed by atoms with E-state index in [1.54, 1.807) is 18.2 Å². The molecule has 0 atom stereocenters. The second-order valence-electron chi connectivity index (χ2n) is 4.08. The second kappa shape index (κ2) is 5.39. The molecule has 98 valence electrons. The van der Waals surface area contributed by atoms with Gasteiger partial charge in [0.25, 0.3) is 0 Å². The molecule has 0 bridgehead atoms. The Morgan fingerprint density at radius 2 is 1.89 bits per heavy atom. The van der Waals surface area contributed by atoms with Gasteiger partial charge in [-0.1, -0.05) is 15.9 Å². The smallest absolute Gasteiger partial charge is 0.321 e. The first kappa shape index (κ1) is 14.5. The van der Waals surface area contributed by atoms with Crippen molar-refractivity contribution in [3.05, 3.63) is 28.2 Å². The number of hydrogen-bond donors (Lipinski definition) is 2. The van der Waals surface area contributed by atoms with Gasteiger partial charge in [0.2, 0.25) is 0 Å².